The Morgan fingerprint density at radius 1 is 0.872 bits per heavy atom. The maximum absolute atomic E-state index is 12.6. The van der Waals surface area contributed by atoms with Crippen LogP contribution in [-0.2, 0) is 33.7 Å². The summed E-state index contributed by atoms with van der Waals surface area (Å²) in [6.07, 6.45) is 6.24. The molecule has 1 amide bonds. The van der Waals surface area contributed by atoms with Crippen LogP contribution < -0.4 is 10.1 Å². The number of ether oxygens (including phenoxy) is 3. The molecule has 1 N–H and O–H groups in total. The monoisotopic (exact) mass is 638 g/mol. The first-order chi connectivity index (χ1) is 22.6. The molecule has 0 unspecified atom stereocenters. The van der Waals surface area contributed by atoms with Crippen molar-refractivity contribution >= 4 is 12.1 Å². The van der Waals surface area contributed by atoms with Crippen molar-refractivity contribution < 1.29 is 28.2 Å². The van der Waals surface area contributed by atoms with Gasteiger partial charge in [0.1, 0.15) is 23.7 Å². The van der Waals surface area contributed by atoms with E-state index in [1.165, 1.54) is 6.42 Å². The van der Waals surface area contributed by atoms with Gasteiger partial charge in [0.15, 0.2) is 0 Å². The Morgan fingerprint density at radius 2 is 1.57 bits per heavy atom. The number of aryl methyl sites for hydroxylation is 2. The van der Waals surface area contributed by atoms with E-state index in [-0.39, 0.29) is 25.0 Å². The van der Waals surface area contributed by atoms with E-state index >= 15 is 0 Å². The molecule has 0 aliphatic heterocycles. The van der Waals surface area contributed by atoms with Gasteiger partial charge in [-0.15, -0.1) is 0 Å². The summed E-state index contributed by atoms with van der Waals surface area (Å²) in [6.45, 7) is 7.94. The number of esters is 1. The minimum absolute atomic E-state index is 0.0776. The van der Waals surface area contributed by atoms with E-state index in [4.69, 9.17) is 23.6 Å². The zero-order chi connectivity index (χ0) is 33.2. The van der Waals surface area contributed by atoms with Crippen molar-refractivity contribution in [3.63, 3.8) is 0 Å². The fourth-order valence-electron chi connectivity index (χ4n) is 5.78. The molecule has 1 aliphatic carbocycles. The van der Waals surface area contributed by atoms with Gasteiger partial charge in [0, 0.05) is 24.4 Å². The summed E-state index contributed by atoms with van der Waals surface area (Å²) in [6, 6.07) is 24.3. The van der Waals surface area contributed by atoms with Gasteiger partial charge in [-0.2, -0.15) is 0 Å². The van der Waals surface area contributed by atoms with E-state index in [1.54, 1.807) is 0 Å². The summed E-state index contributed by atoms with van der Waals surface area (Å²) >= 11 is 0. The third-order valence-corrected chi connectivity index (χ3v) is 8.22. The Hall–Kier alpha value is -4.59. The highest BCUT2D eigenvalue weighted by molar-refractivity contribution is 5.70. The minimum atomic E-state index is -0.548. The lowest BCUT2D eigenvalue weighted by Gasteiger charge is -2.22. The summed E-state index contributed by atoms with van der Waals surface area (Å²) in [5, 5.41) is 3.00. The Labute approximate surface area is 277 Å². The summed E-state index contributed by atoms with van der Waals surface area (Å²) in [7, 11) is 0. The summed E-state index contributed by atoms with van der Waals surface area (Å²) in [4.78, 5) is 29.8. The fraction of sp³-hybridized carbons (Fsp3) is 0.410. The van der Waals surface area contributed by atoms with Crippen LogP contribution in [-0.4, -0.2) is 35.3 Å². The fourth-order valence-corrected chi connectivity index (χ4v) is 5.78. The average Bonchev–Trinajstić information content (AvgIpc) is 3.43. The molecule has 1 saturated carbocycles. The van der Waals surface area contributed by atoms with Crippen LogP contribution in [0.15, 0.2) is 77.2 Å². The zero-order valence-corrected chi connectivity index (χ0v) is 28.0. The number of aromatic nitrogens is 1. The molecule has 47 heavy (non-hydrogen) atoms. The van der Waals surface area contributed by atoms with Crippen molar-refractivity contribution in [1.29, 1.82) is 0 Å². The largest absolute Gasteiger partial charge is 0.493 e. The quantitative estimate of drug-likeness (QED) is 0.155. The predicted octanol–water partition coefficient (Wildman–Crippen LogP) is 8.77. The van der Waals surface area contributed by atoms with Crippen molar-refractivity contribution in [2.45, 2.75) is 97.3 Å². The molecule has 1 fully saturated rings. The number of carbonyl (C=O) groups is 2. The number of alkyl carbamates (subject to hydrolysis) is 1. The zero-order valence-electron chi connectivity index (χ0n) is 28.0. The third-order valence-electron chi connectivity index (χ3n) is 8.22. The van der Waals surface area contributed by atoms with Crippen LogP contribution in [0.25, 0.3) is 22.6 Å². The molecule has 8 nitrogen and oxygen atoms in total. The number of nitrogens with zero attached hydrogens (tertiary/aromatic N) is 1. The van der Waals surface area contributed by atoms with Crippen molar-refractivity contribution in [2.24, 2.45) is 0 Å². The number of hydrogen-bond donors (Lipinski definition) is 1. The van der Waals surface area contributed by atoms with Gasteiger partial charge in [-0.25, -0.2) is 9.78 Å². The molecule has 248 valence electrons. The maximum atomic E-state index is 12.6. The van der Waals surface area contributed by atoms with Crippen molar-refractivity contribution in [3.05, 3.63) is 95.4 Å². The van der Waals surface area contributed by atoms with E-state index < -0.39 is 11.7 Å². The van der Waals surface area contributed by atoms with Gasteiger partial charge in [0.25, 0.3) is 0 Å². The Morgan fingerprint density at radius 3 is 2.30 bits per heavy atom. The molecule has 1 aromatic heterocycles. The number of nitrogens with one attached hydrogen (secondary N) is 1. The maximum Gasteiger partial charge on any atom is 0.407 e. The summed E-state index contributed by atoms with van der Waals surface area (Å²) in [5.41, 5.74) is 5.20. The number of hydrogen-bond acceptors (Lipinski definition) is 7. The topological polar surface area (TPSA) is 99.9 Å². The Bertz CT molecular complexity index is 1620. The second kappa shape index (κ2) is 15.8. The van der Waals surface area contributed by atoms with Crippen LogP contribution in [0.2, 0.25) is 0 Å². The molecular formula is C39H46N2O6. The summed E-state index contributed by atoms with van der Waals surface area (Å²) in [5.74, 6) is 1.72. The molecule has 0 saturated heterocycles. The van der Waals surface area contributed by atoms with Gasteiger partial charge in [0.2, 0.25) is 5.89 Å². The number of amides is 1. The number of rotatable bonds is 12. The molecule has 3 aromatic carbocycles. The highest BCUT2D eigenvalue weighted by Gasteiger charge is 2.19. The van der Waals surface area contributed by atoms with Crippen LogP contribution in [0.5, 0.6) is 5.75 Å². The second-order valence-corrected chi connectivity index (χ2v) is 13.1. The molecule has 0 radical (unpaired) electrons. The van der Waals surface area contributed by atoms with Gasteiger partial charge in [-0.1, -0.05) is 67.8 Å². The standard InChI is InChI=1S/C39H46N2O6/c1-27-35(41-37(46-27)31-17-15-29(16-18-31)28-11-7-5-8-12-28)23-24-44-34-21-19-30(20-22-36(42)47-39(2,3)4)32(25-34)26-45-38(43)40-33-13-9-6-10-14-33/h5,7-8,11-12,15-19,21,25,33H,6,9-10,13-14,20,22-24,26H2,1-4H3,(H,40,43). The molecule has 4 aromatic rings. The van der Waals surface area contributed by atoms with Crippen LogP contribution in [0, 0.1) is 6.92 Å². The Balaban J connectivity index is 1.20. The van der Waals surface area contributed by atoms with Gasteiger partial charge >= 0.3 is 12.1 Å². The van der Waals surface area contributed by atoms with Crippen LogP contribution in [0.4, 0.5) is 4.79 Å². The van der Waals surface area contributed by atoms with Crippen molar-refractivity contribution in [1.82, 2.24) is 10.3 Å². The third kappa shape index (κ3) is 10.2. The van der Waals surface area contributed by atoms with Crippen molar-refractivity contribution in [2.75, 3.05) is 6.61 Å². The summed E-state index contributed by atoms with van der Waals surface area (Å²) < 4.78 is 23.3. The van der Waals surface area contributed by atoms with E-state index in [0.717, 1.165) is 65.0 Å². The van der Waals surface area contributed by atoms with Gasteiger partial charge in [-0.3, -0.25) is 4.79 Å². The molecular weight excluding hydrogens is 592 g/mol. The second-order valence-electron chi connectivity index (χ2n) is 13.1. The number of benzene rings is 3. The van der Waals surface area contributed by atoms with Crippen LogP contribution >= 0.6 is 0 Å². The lowest BCUT2D eigenvalue weighted by Crippen LogP contribution is -2.36. The normalized spacial score (nSPS) is 13.6. The predicted molar refractivity (Wildman–Crippen MR) is 182 cm³/mol. The van der Waals surface area contributed by atoms with Gasteiger partial charge < -0.3 is 23.9 Å². The van der Waals surface area contributed by atoms with Gasteiger partial charge in [0.05, 0.1) is 12.3 Å². The number of oxazole rings is 1. The highest BCUT2D eigenvalue weighted by Crippen LogP contribution is 2.27. The first-order valence-corrected chi connectivity index (χ1v) is 16.6. The van der Waals surface area contributed by atoms with E-state index in [2.05, 4.69) is 29.6 Å². The van der Waals surface area contributed by atoms with Crippen LogP contribution in [0.3, 0.4) is 0 Å². The molecule has 0 bridgehead atoms. The van der Waals surface area contributed by atoms with E-state index in [9.17, 15) is 9.59 Å². The molecule has 8 heteroatoms. The average molecular weight is 639 g/mol. The highest BCUT2D eigenvalue weighted by atomic mass is 16.6. The molecule has 1 aliphatic rings. The van der Waals surface area contributed by atoms with E-state index in [0.29, 0.717) is 31.1 Å². The first-order valence-electron chi connectivity index (χ1n) is 16.6. The smallest absolute Gasteiger partial charge is 0.407 e. The molecule has 5 rings (SSSR count). The minimum Gasteiger partial charge on any atom is -0.493 e. The lowest BCUT2D eigenvalue weighted by atomic mass is 9.96. The molecule has 0 spiro atoms. The van der Waals surface area contributed by atoms with Gasteiger partial charge in [-0.05, 0) is 93.5 Å². The SMILES string of the molecule is Cc1oc(-c2ccc(-c3ccccc3)cc2)nc1CCOc1ccc(CCC(=O)OC(C)(C)C)c(COC(=O)NC2CCCCC2)c1. The molecule has 1 heterocycles. The van der Waals surface area contributed by atoms with Crippen LogP contribution in [0.1, 0.15) is 81.9 Å². The lowest BCUT2D eigenvalue weighted by molar-refractivity contribution is -0.154. The van der Waals surface area contributed by atoms with Crippen molar-refractivity contribution in [3.8, 4) is 28.3 Å². The van der Waals surface area contributed by atoms with E-state index in [1.807, 2.05) is 76.2 Å². The number of carbonyl (C=O) groups excluding carboxylic acids is 2. The molecule has 0 atom stereocenters. The first kappa shape index (κ1) is 33.8. The Kier molecular flexibility index (Phi) is 11.4.